The molecule has 6 nitrogen and oxygen atoms in total. The summed E-state index contributed by atoms with van der Waals surface area (Å²) in [6.45, 7) is 3.11. The summed E-state index contributed by atoms with van der Waals surface area (Å²) >= 11 is 0. The van der Waals surface area contributed by atoms with Crippen LogP contribution in [-0.4, -0.2) is 29.7 Å². The van der Waals surface area contributed by atoms with Crippen LogP contribution in [0.4, 0.5) is 0 Å². The Hall–Kier alpha value is -3.28. The summed E-state index contributed by atoms with van der Waals surface area (Å²) in [5.74, 6) is 1.08. The minimum absolute atomic E-state index is 0.172. The minimum atomic E-state index is -0.172. The zero-order chi connectivity index (χ0) is 19.2. The number of imidazole rings is 1. The predicted octanol–water partition coefficient (Wildman–Crippen LogP) is 3.19. The van der Waals surface area contributed by atoms with Crippen molar-refractivity contribution in [1.82, 2.24) is 14.9 Å². The molecule has 140 valence electrons. The highest BCUT2D eigenvalue weighted by atomic mass is 16.5. The molecule has 0 aliphatic heterocycles. The van der Waals surface area contributed by atoms with Crippen molar-refractivity contribution in [3.8, 4) is 11.5 Å². The molecule has 0 unspecified atom stereocenters. The molecule has 0 aliphatic carbocycles. The van der Waals surface area contributed by atoms with E-state index in [1.807, 2.05) is 29.8 Å². The lowest BCUT2D eigenvalue weighted by atomic mass is 10.1. The molecule has 0 atom stereocenters. The first-order valence-electron chi connectivity index (χ1n) is 8.65. The third-order valence-electron chi connectivity index (χ3n) is 4.41. The van der Waals surface area contributed by atoms with Gasteiger partial charge in [0.1, 0.15) is 11.5 Å². The molecule has 1 N–H and O–H groups in total. The maximum absolute atomic E-state index is 12.5. The van der Waals surface area contributed by atoms with Crippen LogP contribution in [0, 0.1) is 6.92 Å². The number of rotatable bonds is 7. The average molecular weight is 365 g/mol. The van der Waals surface area contributed by atoms with E-state index < -0.39 is 0 Å². The summed E-state index contributed by atoms with van der Waals surface area (Å²) < 4.78 is 12.7. The second-order valence-electron chi connectivity index (χ2n) is 6.24. The molecule has 6 heteroatoms. The smallest absolute Gasteiger partial charge is 0.251 e. The van der Waals surface area contributed by atoms with Gasteiger partial charge >= 0.3 is 0 Å². The van der Waals surface area contributed by atoms with Crippen LogP contribution in [0.2, 0.25) is 0 Å². The molecule has 0 saturated carbocycles. The van der Waals surface area contributed by atoms with Gasteiger partial charge < -0.3 is 19.4 Å². The molecule has 2 aromatic carbocycles. The molecular formula is C21H23N3O3. The van der Waals surface area contributed by atoms with E-state index in [1.165, 1.54) is 5.56 Å². The fourth-order valence-electron chi connectivity index (χ4n) is 2.86. The van der Waals surface area contributed by atoms with Crippen molar-refractivity contribution < 1.29 is 14.3 Å². The first-order valence-corrected chi connectivity index (χ1v) is 8.65. The lowest BCUT2D eigenvalue weighted by Gasteiger charge is -2.13. The number of hydrogen-bond donors (Lipinski definition) is 1. The molecule has 0 fully saturated rings. The van der Waals surface area contributed by atoms with E-state index >= 15 is 0 Å². The quantitative estimate of drug-likeness (QED) is 0.698. The van der Waals surface area contributed by atoms with E-state index in [4.69, 9.17) is 9.47 Å². The molecule has 1 heterocycles. The number of nitrogens with one attached hydrogen (secondary N) is 1. The molecule has 0 radical (unpaired) electrons. The highest BCUT2D eigenvalue weighted by Gasteiger charge is 2.13. The second kappa shape index (κ2) is 8.40. The number of ether oxygens (including phenoxy) is 2. The van der Waals surface area contributed by atoms with Crippen LogP contribution in [0.5, 0.6) is 11.5 Å². The molecule has 1 amide bonds. The largest absolute Gasteiger partial charge is 0.496 e. The Balaban J connectivity index is 1.63. The normalized spacial score (nSPS) is 10.5. The van der Waals surface area contributed by atoms with Crippen molar-refractivity contribution in [3.63, 3.8) is 0 Å². The standard InChI is InChI=1S/C21H23N3O3/c1-15-19(26-2)10-18(11-20(15)27-3)21(25)23-12-16-4-6-17(7-5-16)13-24-9-8-22-14-24/h4-11,14H,12-13H2,1-3H3,(H,23,25). The minimum Gasteiger partial charge on any atom is -0.496 e. The van der Waals surface area contributed by atoms with Crippen molar-refractivity contribution in [3.05, 3.63) is 77.4 Å². The van der Waals surface area contributed by atoms with Gasteiger partial charge in [-0.15, -0.1) is 0 Å². The monoisotopic (exact) mass is 365 g/mol. The van der Waals surface area contributed by atoms with Crippen LogP contribution >= 0.6 is 0 Å². The van der Waals surface area contributed by atoms with Gasteiger partial charge in [-0.25, -0.2) is 4.98 Å². The lowest BCUT2D eigenvalue weighted by molar-refractivity contribution is 0.0950. The Labute approximate surface area is 158 Å². The molecular weight excluding hydrogens is 342 g/mol. The molecule has 0 bridgehead atoms. The van der Waals surface area contributed by atoms with Gasteiger partial charge in [0.05, 0.1) is 20.5 Å². The zero-order valence-corrected chi connectivity index (χ0v) is 15.7. The molecule has 3 rings (SSSR count). The second-order valence-corrected chi connectivity index (χ2v) is 6.24. The van der Waals surface area contributed by atoms with E-state index in [-0.39, 0.29) is 5.91 Å². The van der Waals surface area contributed by atoms with Crippen LogP contribution in [0.3, 0.4) is 0 Å². The SMILES string of the molecule is COc1cc(C(=O)NCc2ccc(Cn3ccnc3)cc2)cc(OC)c1C. The van der Waals surface area contributed by atoms with E-state index in [1.54, 1.807) is 38.9 Å². The van der Waals surface area contributed by atoms with Crippen molar-refractivity contribution in [1.29, 1.82) is 0 Å². The highest BCUT2D eigenvalue weighted by molar-refractivity contribution is 5.95. The maximum Gasteiger partial charge on any atom is 0.251 e. The van der Waals surface area contributed by atoms with Gasteiger partial charge in [-0.1, -0.05) is 24.3 Å². The third kappa shape index (κ3) is 4.47. The predicted molar refractivity (Wildman–Crippen MR) is 103 cm³/mol. The van der Waals surface area contributed by atoms with Gasteiger partial charge in [0.15, 0.2) is 0 Å². The Kier molecular flexibility index (Phi) is 5.76. The Morgan fingerprint density at radius 1 is 1.07 bits per heavy atom. The van der Waals surface area contributed by atoms with Gasteiger partial charge in [0.25, 0.3) is 5.91 Å². The first-order chi connectivity index (χ1) is 13.1. The summed E-state index contributed by atoms with van der Waals surface area (Å²) in [4.78, 5) is 16.6. The number of carbonyl (C=O) groups is 1. The van der Waals surface area contributed by atoms with Crippen molar-refractivity contribution >= 4 is 5.91 Å². The number of nitrogens with zero attached hydrogens (tertiary/aromatic N) is 2. The fourth-order valence-corrected chi connectivity index (χ4v) is 2.86. The third-order valence-corrected chi connectivity index (χ3v) is 4.41. The van der Waals surface area contributed by atoms with Gasteiger partial charge in [-0.3, -0.25) is 4.79 Å². The number of benzene rings is 2. The summed E-state index contributed by atoms with van der Waals surface area (Å²) in [6, 6.07) is 11.6. The summed E-state index contributed by atoms with van der Waals surface area (Å²) in [7, 11) is 3.16. The summed E-state index contributed by atoms with van der Waals surface area (Å²) in [5.41, 5.74) is 3.58. The molecule has 3 aromatic rings. The van der Waals surface area contributed by atoms with Crippen LogP contribution in [-0.2, 0) is 13.1 Å². The molecule has 1 aromatic heterocycles. The first kappa shape index (κ1) is 18.5. The number of amides is 1. The highest BCUT2D eigenvalue weighted by Crippen LogP contribution is 2.29. The van der Waals surface area contributed by atoms with Gasteiger partial charge in [-0.2, -0.15) is 0 Å². The number of methoxy groups -OCH3 is 2. The van der Waals surface area contributed by atoms with E-state index in [2.05, 4.69) is 22.4 Å². The number of aromatic nitrogens is 2. The molecule has 27 heavy (non-hydrogen) atoms. The fraction of sp³-hybridized carbons (Fsp3) is 0.238. The van der Waals surface area contributed by atoms with Crippen molar-refractivity contribution in [2.24, 2.45) is 0 Å². The van der Waals surface area contributed by atoms with Gasteiger partial charge in [0, 0.05) is 36.6 Å². The Bertz CT molecular complexity index is 878. The maximum atomic E-state index is 12.5. The van der Waals surface area contributed by atoms with Crippen LogP contribution in [0.25, 0.3) is 0 Å². The molecule has 0 aliphatic rings. The Morgan fingerprint density at radius 3 is 2.26 bits per heavy atom. The number of carbonyl (C=O) groups excluding carboxylic acids is 1. The summed E-state index contributed by atoms with van der Waals surface area (Å²) in [5, 5.41) is 2.94. The molecule has 0 spiro atoms. The Morgan fingerprint density at radius 2 is 1.70 bits per heavy atom. The van der Waals surface area contributed by atoms with Crippen LogP contribution < -0.4 is 14.8 Å². The summed E-state index contributed by atoms with van der Waals surface area (Å²) in [6.07, 6.45) is 5.48. The van der Waals surface area contributed by atoms with E-state index in [0.29, 0.717) is 23.6 Å². The zero-order valence-electron chi connectivity index (χ0n) is 15.7. The molecule has 0 saturated heterocycles. The van der Waals surface area contributed by atoms with Crippen LogP contribution in [0.1, 0.15) is 27.0 Å². The van der Waals surface area contributed by atoms with Crippen LogP contribution in [0.15, 0.2) is 55.1 Å². The van der Waals surface area contributed by atoms with Crippen molar-refractivity contribution in [2.45, 2.75) is 20.0 Å². The lowest BCUT2D eigenvalue weighted by Crippen LogP contribution is -2.23. The van der Waals surface area contributed by atoms with Crippen molar-refractivity contribution in [2.75, 3.05) is 14.2 Å². The topological polar surface area (TPSA) is 65.4 Å². The van der Waals surface area contributed by atoms with Gasteiger partial charge in [0.2, 0.25) is 0 Å². The average Bonchev–Trinajstić information content (AvgIpc) is 3.20. The van der Waals surface area contributed by atoms with Gasteiger partial charge in [-0.05, 0) is 30.2 Å². The number of hydrogen-bond acceptors (Lipinski definition) is 4. The van der Waals surface area contributed by atoms with E-state index in [9.17, 15) is 4.79 Å². The van der Waals surface area contributed by atoms with E-state index in [0.717, 1.165) is 17.7 Å².